The number of aliphatic hydroxyl groups excluding tert-OH is 1. The number of benzene rings is 1. The number of aliphatic hydroxyl groups is 1. The van der Waals surface area contributed by atoms with Crippen LogP contribution in [0, 0.1) is 5.82 Å². The molecule has 25 heavy (non-hydrogen) atoms. The van der Waals surface area contributed by atoms with Gasteiger partial charge >= 0.3 is 0 Å². The van der Waals surface area contributed by atoms with Gasteiger partial charge in [0.1, 0.15) is 5.82 Å². The zero-order chi connectivity index (χ0) is 18.0. The molecule has 3 rings (SSSR count). The Morgan fingerprint density at radius 3 is 2.32 bits per heavy atom. The van der Waals surface area contributed by atoms with Crippen molar-refractivity contribution < 1.29 is 19.1 Å². The molecule has 2 heterocycles. The van der Waals surface area contributed by atoms with Crippen LogP contribution in [0.3, 0.4) is 0 Å². The van der Waals surface area contributed by atoms with Crippen LogP contribution in [0.4, 0.5) is 4.39 Å². The average Bonchev–Trinajstić information content (AvgIpc) is 2.96. The highest BCUT2D eigenvalue weighted by molar-refractivity contribution is 5.79. The fourth-order valence-corrected chi connectivity index (χ4v) is 3.63. The average molecular weight is 349 g/mol. The summed E-state index contributed by atoms with van der Waals surface area (Å²) in [6.45, 7) is 4.39. The molecule has 0 unspecified atom stereocenters. The molecule has 0 aromatic heterocycles. The number of β-amino-alcohol motifs (C(OH)–C–C–N with tert-alkyl or cyclic N) is 1. The van der Waals surface area contributed by atoms with Crippen LogP contribution in [0.1, 0.15) is 24.9 Å². The molecule has 1 N–H and O–H groups in total. The van der Waals surface area contributed by atoms with E-state index >= 15 is 0 Å². The van der Waals surface area contributed by atoms with E-state index < -0.39 is 6.10 Å². The van der Waals surface area contributed by atoms with E-state index in [9.17, 15) is 19.1 Å². The van der Waals surface area contributed by atoms with Gasteiger partial charge in [-0.15, -0.1) is 0 Å². The zero-order valence-electron chi connectivity index (χ0n) is 14.4. The van der Waals surface area contributed by atoms with E-state index in [1.54, 1.807) is 21.9 Å². The van der Waals surface area contributed by atoms with Crippen LogP contribution in [0.15, 0.2) is 24.3 Å². The molecule has 2 atom stereocenters. The Kier molecular flexibility index (Phi) is 5.34. The summed E-state index contributed by atoms with van der Waals surface area (Å²) in [5, 5.41) is 10.0. The van der Waals surface area contributed by atoms with E-state index in [1.165, 1.54) is 19.1 Å². The van der Waals surface area contributed by atoms with Crippen molar-refractivity contribution in [2.75, 3.05) is 39.3 Å². The van der Waals surface area contributed by atoms with E-state index in [-0.39, 0.29) is 30.2 Å². The molecule has 1 aromatic rings. The maximum absolute atomic E-state index is 13.1. The lowest BCUT2D eigenvalue weighted by Gasteiger charge is -2.35. The minimum absolute atomic E-state index is 0.00409. The first-order chi connectivity index (χ1) is 11.9. The molecule has 1 aromatic carbocycles. The Labute approximate surface area is 146 Å². The van der Waals surface area contributed by atoms with E-state index in [0.29, 0.717) is 39.1 Å². The number of hydrogen-bond donors (Lipinski definition) is 1. The number of likely N-dealkylation sites (tertiary alicyclic amines) is 1. The number of piperazine rings is 1. The maximum atomic E-state index is 13.1. The molecule has 2 saturated heterocycles. The number of amides is 2. The van der Waals surface area contributed by atoms with E-state index in [1.807, 2.05) is 4.90 Å². The maximum Gasteiger partial charge on any atom is 0.236 e. The van der Waals surface area contributed by atoms with Gasteiger partial charge in [0.2, 0.25) is 11.8 Å². The molecule has 2 aliphatic rings. The highest BCUT2D eigenvalue weighted by Crippen LogP contribution is 2.32. The van der Waals surface area contributed by atoms with Crippen molar-refractivity contribution in [2.45, 2.75) is 25.5 Å². The van der Waals surface area contributed by atoms with Gasteiger partial charge in [-0.25, -0.2) is 4.39 Å². The minimum Gasteiger partial charge on any atom is -0.392 e. The molecular formula is C18H24FN3O3. The van der Waals surface area contributed by atoms with Gasteiger partial charge in [0.15, 0.2) is 0 Å². The second-order valence-electron chi connectivity index (χ2n) is 6.77. The topological polar surface area (TPSA) is 64.1 Å². The lowest BCUT2D eigenvalue weighted by atomic mass is 10.0. The van der Waals surface area contributed by atoms with Crippen molar-refractivity contribution in [3.63, 3.8) is 0 Å². The molecule has 0 saturated carbocycles. The van der Waals surface area contributed by atoms with Gasteiger partial charge in [-0.05, 0) is 24.1 Å². The summed E-state index contributed by atoms with van der Waals surface area (Å²) in [6.07, 6.45) is 0.0502. The third-order valence-electron chi connectivity index (χ3n) is 5.05. The van der Waals surface area contributed by atoms with Crippen molar-refractivity contribution in [1.82, 2.24) is 14.7 Å². The normalized spacial score (nSPS) is 24.6. The predicted octanol–water partition coefficient (Wildman–Crippen LogP) is 0.624. The first-order valence-corrected chi connectivity index (χ1v) is 8.65. The summed E-state index contributed by atoms with van der Waals surface area (Å²) < 4.78 is 13.1. The molecule has 2 fully saturated rings. The van der Waals surface area contributed by atoms with Gasteiger partial charge in [0, 0.05) is 45.7 Å². The second-order valence-corrected chi connectivity index (χ2v) is 6.77. The Morgan fingerprint density at radius 2 is 1.72 bits per heavy atom. The van der Waals surface area contributed by atoms with Gasteiger partial charge in [0.05, 0.1) is 12.6 Å². The van der Waals surface area contributed by atoms with Gasteiger partial charge in [-0.3, -0.25) is 14.5 Å². The van der Waals surface area contributed by atoms with Crippen molar-refractivity contribution in [1.29, 1.82) is 0 Å². The van der Waals surface area contributed by atoms with Crippen LogP contribution >= 0.6 is 0 Å². The third-order valence-corrected chi connectivity index (χ3v) is 5.05. The molecule has 0 radical (unpaired) electrons. The highest BCUT2D eigenvalue weighted by Gasteiger charge is 2.34. The largest absolute Gasteiger partial charge is 0.392 e. The van der Waals surface area contributed by atoms with Crippen molar-refractivity contribution in [3.05, 3.63) is 35.6 Å². The standard InChI is InChI=1S/C18H24FN3O3/c1-13(23)20-6-8-21(9-7-20)18(25)12-22-11-16(24)10-17(22)14-2-4-15(19)5-3-14/h2-5,16-17,24H,6-12H2,1H3/t16-,17+/m0/s1. The van der Waals surface area contributed by atoms with Crippen molar-refractivity contribution >= 4 is 11.8 Å². The second kappa shape index (κ2) is 7.49. The number of carbonyl (C=O) groups is 2. The minimum atomic E-state index is -0.489. The zero-order valence-corrected chi connectivity index (χ0v) is 14.4. The van der Waals surface area contributed by atoms with Gasteiger partial charge in [0.25, 0.3) is 0 Å². The Balaban J connectivity index is 1.61. The van der Waals surface area contributed by atoms with Gasteiger partial charge in [-0.1, -0.05) is 12.1 Å². The van der Waals surface area contributed by atoms with E-state index in [2.05, 4.69) is 0 Å². The number of halogens is 1. The van der Waals surface area contributed by atoms with Gasteiger partial charge < -0.3 is 14.9 Å². The summed E-state index contributed by atoms with van der Waals surface area (Å²) in [7, 11) is 0. The molecule has 6 nitrogen and oxygen atoms in total. The number of nitrogens with zero attached hydrogens (tertiary/aromatic N) is 3. The summed E-state index contributed by atoms with van der Waals surface area (Å²) in [6, 6.07) is 6.14. The lowest BCUT2D eigenvalue weighted by Crippen LogP contribution is -2.52. The summed E-state index contributed by atoms with van der Waals surface area (Å²) in [4.78, 5) is 29.4. The first kappa shape index (κ1) is 17.8. The van der Waals surface area contributed by atoms with Crippen LogP contribution in [0.25, 0.3) is 0 Å². The van der Waals surface area contributed by atoms with Crippen LogP contribution in [0.2, 0.25) is 0 Å². The molecule has 0 bridgehead atoms. The molecule has 0 aliphatic carbocycles. The lowest BCUT2D eigenvalue weighted by molar-refractivity contribution is -0.139. The Hall–Kier alpha value is -1.99. The molecule has 136 valence electrons. The quantitative estimate of drug-likeness (QED) is 0.869. The Morgan fingerprint density at radius 1 is 1.12 bits per heavy atom. The highest BCUT2D eigenvalue weighted by atomic mass is 19.1. The van der Waals surface area contributed by atoms with E-state index in [4.69, 9.17) is 0 Å². The number of rotatable bonds is 3. The van der Waals surface area contributed by atoms with Crippen LogP contribution in [-0.2, 0) is 9.59 Å². The summed E-state index contributed by atoms with van der Waals surface area (Å²) >= 11 is 0. The summed E-state index contributed by atoms with van der Waals surface area (Å²) in [5.41, 5.74) is 0.909. The van der Waals surface area contributed by atoms with Crippen LogP contribution in [-0.4, -0.2) is 77.0 Å². The molecule has 0 spiro atoms. The van der Waals surface area contributed by atoms with Crippen molar-refractivity contribution in [3.8, 4) is 0 Å². The van der Waals surface area contributed by atoms with Crippen molar-refractivity contribution in [2.24, 2.45) is 0 Å². The SMILES string of the molecule is CC(=O)N1CCN(C(=O)CN2C[C@@H](O)C[C@@H]2c2ccc(F)cc2)CC1. The molecule has 2 aliphatic heterocycles. The predicted molar refractivity (Wildman–Crippen MR) is 90.2 cm³/mol. The smallest absolute Gasteiger partial charge is 0.236 e. The fraction of sp³-hybridized carbons (Fsp3) is 0.556. The van der Waals surface area contributed by atoms with Gasteiger partial charge in [-0.2, -0.15) is 0 Å². The first-order valence-electron chi connectivity index (χ1n) is 8.65. The third kappa shape index (κ3) is 4.16. The number of hydrogen-bond acceptors (Lipinski definition) is 4. The Bertz CT molecular complexity index is 629. The van der Waals surface area contributed by atoms with Crippen LogP contribution < -0.4 is 0 Å². The fourth-order valence-electron chi connectivity index (χ4n) is 3.63. The molecule has 7 heteroatoms. The van der Waals surface area contributed by atoms with E-state index in [0.717, 1.165) is 5.56 Å². The molecule has 2 amide bonds. The molecular weight excluding hydrogens is 325 g/mol. The van der Waals surface area contributed by atoms with Crippen LogP contribution in [0.5, 0.6) is 0 Å². The number of carbonyl (C=O) groups excluding carboxylic acids is 2. The monoisotopic (exact) mass is 349 g/mol. The summed E-state index contributed by atoms with van der Waals surface area (Å²) in [5.74, 6) is -0.260.